The Morgan fingerprint density at radius 3 is 1.97 bits per heavy atom. The van der Waals surface area contributed by atoms with Gasteiger partial charge in [0.15, 0.2) is 0 Å². The second-order valence-electron chi connectivity index (χ2n) is 6.36. The summed E-state index contributed by atoms with van der Waals surface area (Å²) >= 11 is 5.56. The van der Waals surface area contributed by atoms with Gasteiger partial charge in [-0.3, -0.25) is 14.4 Å². The van der Waals surface area contributed by atoms with Gasteiger partial charge in [-0.25, -0.2) is 0 Å². The molecule has 0 aromatic heterocycles. The second-order valence-corrected chi connectivity index (χ2v) is 9.59. The lowest BCUT2D eigenvalue weighted by Crippen LogP contribution is -2.42. The van der Waals surface area contributed by atoms with Gasteiger partial charge in [-0.1, -0.05) is 0 Å². The third-order valence-corrected chi connectivity index (χ3v) is 7.47. The minimum absolute atomic E-state index is 0.0486. The highest BCUT2D eigenvalue weighted by Crippen LogP contribution is 2.38. The molecule has 1 aromatic rings. The molecule has 1 rings (SSSR count). The molecular formula is C18H24I3N3O8. The zero-order valence-electron chi connectivity index (χ0n) is 17.0. The van der Waals surface area contributed by atoms with Crippen LogP contribution in [0.5, 0.6) is 0 Å². The van der Waals surface area contributed by atoms with Crippen LogP contribution in [-0.2, 0) is 4.79 Å². The molecule has 0 heterocycles. The summed E-state index contributed by atoms with van der Waals surface area (Å²) in [5.74, 6) is -1.89. The van der Waals surface area contributed by atoms with E-state index in [-0.39, 0.29) is 43.6 Å². The Labute approximate surface area is 225 Å². The van der Waals surface area contributed by atoms with Crippen molar-refractivity contribution in [3.63, 3.8) is 0 Å². The number of carbonyl (C=O) groups excluding carboxylic acids is 3. The number of amides is 3. The van der Waals surface area contributed by atoms with Crippen molar-refractivity contribution >= 4 is 91.2 Å². The largest absolute Gasteiger partial charge is 0.395 e. The quantitative estimate of drug-likeness (QED) is 0.155. The summed E-state index contributed by atoms with van der Waals surface area (Å²) in [6.07, 6.45) is -1.25. The lowest BCUT2D eigenvalue weighted by Gasteiger charge is -2.29. The smallest absolute Gasteiger partial charge is 0.256 e. The number of hydrogen-bond acceptors (Lipinski definition) is 8. The number of halogens is 3. The fourth-order valence-corrected chi connectivity index (χ4v) is 7.51. The van der Waals surface area contributed by atoms with Gasteiger partial charge in [-0.15, -0.1) is 0 Å². The number of aliphatic hydroxyl groups excluding tert-OH is 5. The van der Waals surface area contributed by atoms with Crippen LogP contribution in [0.4, 0.5) is 5.69 Å². The number of carbonyl (C=O) groups is 3. The first kappa shape index (κ1) is 29.7. The third kappa shape index (κ3) is 6.83. The van der Waals surface area contributed by atoms with E-state index in [4.69, 9.17) is 5.11 Å². The summed E-state index contributed by atoms with van der Waals surface area (Å²) in [5, 5.41) is 49.7. The van der Waals surface area contributed by atoms with Gasteiger partial charge in [0.25, 0.3) is 17.7 Å². The highest BCUT2D eigenvalue weighted by atomic mass is 127. The van der Waals surface area contributed by atoms with E-state index in [9.17, 15) is 34.8 Å². The highest BCUT2D eigenvalue weighted by Gasteiger charge is 2.33. The van der Waals surface area contributed by atoms with E-state index in [0.29, 0.717) is 3.57 Å². The summed E-state index contributed by atoms with van der Waals surface area (Å²) in [7, 11) is 1.41. The van der Waals surface area contributed by atoms with E-state index in [1.807, 2.05) is 67.8 Å². The van der Waals surface area contributed by atoms with Crippen molar-refractivity contribution in [2.75, 3.05) is 58.0 Å². The zero-order chi connectivity index (χ0) is 24.6. The van der Waals surface area contributed by atoms with Crippen LogP contribution >= 0.6 is 67.8 Å². The van der Waals surface area contributed by atoms with Crippen LogP contribution in [0.15, 0.2) is 0 Å². The Morgan fingerprint density at radius 1 is 0.938 bits per heavy atom. The maximum absolute atomic E-state index is 13.5. The minimum atomic E-state index is -1.25. The molecule has 0 aliphatic rings. The number of hydrogen-bond donors (Lipinski definition) is 6. The van der Waals surface area contributed by atoms with E-state index in [0.717, 1.165) is 9.80 Å². The number of nitrogens with zero attached hydrogens (tertiary/aromatic N) is 2. The molecule has 3 amide bonds. The Morgan fingerprint density at radius 2 is 1.50 bits per heavy atom. The van der Waals surface area contributed by atoms with Gasteiger partial charge < -0.3 is 40.6 Å². The van der Waals surface area contributed by atoms with E-state index in [1.54, 1.807) is 0 Å². The zero-order valence-corrected chi connectivity index (χ0v) is 23.5. The average molecular weight is 791 g/mol. The summed E-state index contributed by atoms with van der Waals surface area (Å²) < 4.78 is 0.906. The van der Waals surface area contributed by atoms with Crippen molar-refractivity contribution in [3.8, 4) is 0 Å². The Kier molecular flexibility index (Phi) is 13.1. The summed E-state index contributed by atoms with van der Waals surface area (Å²) in [6, 6.07) is 0. The SMILES string of the molecule is CNC(=O)c1c(I)c(C(=O)N(CCO)CC(O)CO)c(I)c(N(CCO)C(=O)CO)c1I. The van der Waals surface area contributed by atoms with Crippen molar-refractivity contribution in [1.29, 1.82) is 0 Å². The molecule has 0 saturated carbocycles. The summed E-state index contributed by atoms with van der Waals surface area (Å²) in [4.78, 5) is 40.8. The predicted molar refractivity (Wildman–Crippen MR) is 141 cm³/mol. The maximum Gasteiger partial charge on any atom is 0.256 e. The Bertz CT molecular complexity index is 855. The first-order chi connectivity index (χ1) is 15.1. The molecule has 0 saturated heterocycles. The monoisotopic (exact) mass is 791 g/mol. The van der Waals surface area contributed by atoms with Gasteiger partial charge >= 0.3 is 0 Å². The van der Waals surface area contributed by atoms with Crippen LogP contribution in [0.2, 0.25) is 0 Å². The van der Waals surface area contributed by atoms with Crippen molar-refractivity contribution in [2.45, 2.75) is 6.10 Å². The van der Waals surface area contributed by atoms with Crippen LogP contribution in [0.25, 0.3) is 0 Å². The molecule has 14 heteroatoms. The number of benzene rings is 1. The normalized spacial score (nSPS) is 11.8. The molecule has 1 aromatic carbocycles. The van der Waals surface area contributed by atoms with Crippen LogP contribution < -0.4 is 10.2 Å². The minimum Gasteiger partial charge on any atom is -0.395 e. The number of anilines is 1. The van der Waals surface area contributed by atoms with Crippen molar-refractivity contribution in [3.05, 3.63) is 21.8 Å². The summed E-state index contributed by atoms with van der Waals surface area (Å²) in [6.45, 7) is -2.88. The van der Waals surface area contributed by atoms with Crippen LogP contribution in [0, 0.1) is 10.7 Å². The van der Waals surface area contributed by atoms with Gasteiger partial charge in [0.1, 0.15) is 6.61 Å². The summed E-state index contributed by atoms with van der Waals surface area (Å²) in [5.41, 5.74) is 0.341. The topological polar surface area (TPSA) is 171 Å². The van der Waals surface area contributed by atoms with Crippen LogP contribution in [0.3, 0.4) is 0 Å². The van der Waals surface area contributed by atoms with Gasteiger partial charge in [0, 0.05) is 30.3 Å². The molecule has 32 heavy (non-hydrogen) atoms. The van der Waals surface area contributed by atoms with Gasteiger partial charge in [-0.2, -0.15) is 0 Å². The molecule has 0 aliphatic heterocycles. The van der Waals surface area contributed by atoms with E-state index >= 15 is 0 Å². The molecular weight excluding hydrogens is 767 g/mol. The Balaban J connectivity index is 3.89. The molecule has 0 aliphatic carbocycles. The lowest BCUT2D eigenvalue weighted by atomic mass is 10.1. The highest BCUT2D eigenvalue weighted by molar-refractivity contribution is 14.1. The van der Waals surface area contributed by atoms with Gasteiger partial charge in [0.05, 0.1) is 49.9 Å². The molecule has 0 bridgehead atoms. The predicted octanol–water partition coefficient (Wildman–Crippen LogP) is -1.03. The third-order valence-electron chi connectivity index (χ3n) is 4.29. The number of rotatable bonds is 11. The standard InChI is InChI=1S/C18H24I3N3O8/c1-22-17(31)11-13(19)12(18(32)23(2-4-25)6-9(29)7-27)15(21)16(14(11)20)24(3-5-26)10(30)8-28/h9,25-29H,2-8H2,1H3,(H,22,31). The Hall–Kier alpha value is -0.380. The fraction of sp³-hybridized carbons (Fsp3) is 0.500. The fourth-order valence-electron chi connectivity index (χ4n) is 2.81. The van der Waals surface area contributed by atoms with E-state index in [2.05, 4.69) is 5.32 Å². The van der Waals surface area contributed by atoms with Gasteiger partial charge in [-0.05, 0) is 67.8 Å². The molecule has 1 atom stereocenters. The molecule has 0 radical (unpaired) electrons. The van der Waals surface area contributed by atoms with Crippen molar-refractivity contribution in [1.82, 2.24) is 10.2 Å². The molecule has 0 spiro atoms. The van der Waals surface area contributed by atoms with Crippen molar-refractivity contribution < 1.29 is 39.9 Å². The second kappa shape index (κ2) is 14.1. The van der Waals surface area contributed by atoms with Crippen LogP contribution in [-0.4, -0.2) is 107 Å². The molecule has 11 nitrogen and oxygen atoms in total. The first-order valence-electron chi connectivity index (χ1n) is 9.24. The molecule has 180 valence electrons. The number of nitrogens with one attached hydrogen (secondary N) is 1. The molecule has 1 unspecified atom stereocenters. The lowest BCUT2D eigenvalue weighted by molar-refractivity contribution is -0.121. The van der Waals surface area contributed by atoms with Crippen LogP contribution in [0.1, 0.15) is 20.7 Å². The van der Waals surface area contributed by atoms with Crippen molar-refractivity contribution in [2.24, 2.45) is 0 Å². The maximum atomic E-state index is 13.5. The molecule has 6 N–H and O–H groups in total. The number of aliphatic hydroxyl groups is 5. The van der Waals surface area contributed by atoms with E-state index in [1.165, 1.54) is 7.05 Å². The average Bonchev–Trinajstić information content (AvgIpc) is 2.76. The molecule has 0 fully saturated rings. The van der Waals surface area contributed by atoms with E-state index < -0.39 is 50.3 Å². The van der Waals surface area contributed by atoms with Gasteiger partial charge in [0.2, 0.25) is 0 Å². The first-order valence-corrected chi connectivity index (χ1v) is 12.5.